The summed E-state index contributed by atoms with van der Waals surface area (Å²) in [7, 11) is 0. The quantitative estimate of drug-likeness (QED) is 0.182. The number of para-hydroxylation sites is 1. The van der Waals surface area contributed by atoms with Crippen LogP contribution in [0.4, 0.5) is 26.3 Å². The van der Waals surface area contributed by atoms with Gasteiger partial charge in [0.2, 0.25) is 5.60 Å². The summed E-state index contributed by atoms with van der Waals surface area (Å²) < 4.78 is 95.7. The molecule has 0 aliphatic carbocycles. The van der Waals surface area contributed by atoms with Crippen LogP contribution >= 0.6 is 11.3 Å². The molecular formula is C38H40F6N4O6S. The molecule has 2 aliphatic rings. The molecule has 3 atom stereocenters. The molecule has 2 amide bonds. The topological polar surface area (TPSA) is 133 Å². The molecule has 0 spiro atoms. The Morgan fingerprint density at radius 2 is 1.78 bits per heavy atom. The smallest absolute Gasteiger partial charge is 0.425 e. The summed E-state index contributed by atoms with van der Waals surface area (Å²) in [6.07, 6.45) is -7.65. The average Bonchev–Trinajstić information content (AvgIpc) is 3.63. The fourth-order valence-electron chi connectivity index (χ4n) is 7.47. The largest absolute Gasteiger partial charge is 0.490 e. The Morgan fingerprint density at radius 1 is 1.07 bits per heavy atom. The highest BCUT2D eigenvalue weighted by atomic mass is 32.1. The Balaban J connectivity index is 1.50. The lowest BCUT2D eigenvalue weighted by Crippen LogP contribution is -2.68. The number of halogens is 6. The lowest BCUT2D eigenvalue weighted by molar-refractivity contribution is -0.160. The first-order valence-electron chi connectivity index (χ1n) is 17.8. The Morgan fingerprint density at radius 3 is 2.40 bits per heavy atom. The molecule has 2 aromatic heterocycles. The number of ether oxygens (including phenoxy) is 2. The number of alkyl halides is 6. The second kappa shape index (κ2) is 16.5. The third-order valence-corrected chi connectivity index (χ3v) is 11.1. The van der Waals surface area contributed by atoms with Crippen LogP contribution in [0.3, 0.4) is 0 Å². The van der Waals surface area contributed by atoms with E-state index in [9.17, 15) is 46.0 Å². The van der Waals surface area contributed by atoms with Crippen molar-refractivity contribution in [2.75, 3.05) is 19.6 Å². The number of rotatable bonds is 12. The molecule has 10 nitrogen and oxygen atoms in total. The average molecular weight is 795 g/mol. The first kappa shape index (κ1) is 41.3. The van der Waals surface area contributed by atoms with Gasteiger partial charge in [0.1, 0.15) is 16.4 Å². The van der Waals surface area contributed by atoms with Crippen molar-refractivity contribution in [3.05, 3.63) is 75.7 Å². The van der Waals surface area contributed by atoms with Gasteiger partial charge in [-0.1, -0.05) is 31.5 Å². The van der Waals surface area contributed by atoms with Crippen LogP contribution in [0.2, 0.25) is 0 Å². The third kappa shape index (κ3) is 8.84. The number of nitriles is 1. The van der Waals surface area contributed by atoms with Crippen LogP contribution in [-0.4, -0.2) is 75.1 Å². The molecule has 2 fully saturated rings. The monoisotopic (exact) mass is 794 g/mol. The first-order chi connectivity index (χ1) is 26.0. The van der Waals surface area contributed by atoms with Crippen molar-refractivity contribution in [1.29, 1.82) is 5.26 Å². The summed E-state index contributed by atoms with van der Waals surface area (Å²) in [6, 6.07) is 9.50. The van der Waals surface area contributed by atoms with Crippen molar-refractivity contribution in [2.45, 2.75) is 101 Å². The molecule has 55 heavy (non-hydrogen) atoms. The van der Waals surface area contributed by atoms with Crippen LogP contribution in [-0.2, 0) is 27.4 Å². The number of aliphatic carboxylic acids is 1. The molecule has 296 valence electrons. The van der Waals surface area contributed by atoms with E-state index >= 15 is 0 Å². The highest BCUT2D eigenvalue weighted by molar-refractivity contribution is 7.10. The third-order valence-electron chi connectivity index (χ3n) is 10.2. The Hall–Kier alpha value is -4.85. The van der Waals surface area contributed by atoms with Crippen molar-refractivity contribution in [2.24, 2.45) is 0 Å². The number of nitrogens with zero attached hydrogens (tertiary/aromatic N) is 4. The number of hydrogen-bond donors (Lipinski definition) is 1. The molecule has 0 bridgehead atoms. The Kier molecular flexibility index (Phi) is 12.4. The minimum absolute atomic E-state index is 0.00847. The van der Waals surface area contributed by atoms with Crippen molar-refractivity contribution in [3.8, 4) is 17.6 Å². The van der Waals surface area contributed by atoms with E-state index in [4.69, 9.17) is 14.6 Å². The lowest BCUT2D eigenvalue weighted by Gasteiger charge is -2.51. The molecule has 1 unspecified atom stereocenters. The predicted molar refractivity (Wildman–Crippen MR) is 187 cm³/mol. The van der Waals surface area contributed by atoms with Crippen LogP contribution in [0, 0.1) is 11.3 Å². The van der Waals surface area contributed by atoms with E-state index in [-0.39, 0.29) is 70.3 Å². The summed E-state index contributed by atoms with van der Waals surface area (Å²) in [4.78, 5) is 45.5. The standard InChI is InChI=1S/C38H40F6N4O6S/c1-3-7-30-36(54-25-20-31(55-22-25)38(42,43)44,13-6-17-48(30)33(51)26-21-46-16-12-27(26)37(39,40)41)34(52)47-18-14-35(23-45,15-19-47)28-8-4-5-9-29(28)53-24(2)10-11-32(49)50/h4-5,8-9,12,16,20-22,24,30H,3,6-7,10-11,13-15,17-19H2,1-2H3,(H,49,50)/t24?,30-,36+/m1/s1. The molecule has 2 saturated heterocycles. The van der Waals surface area contributed by atoms with Gasteiger partial charge in [-0.05, 0) is 51.2 Å². The normalized spacial score (nSPS) is 20.7. The van der Waals surface area contributed by atoms with Crippen LogP contribution in [0.5, 0.6) is 11.5 Å². The minimum Gasteiger partial charge on any atom is -0.490 e. The van der Waals surface area contributed by atoms with Gasteiger partial charge in [0.25, 0.3) is 11.8 Å². The number of aromatic nitrogens is 1. The minimum atomic E-state index is -4.90. The molecule has 0 radical (unpaired) electrons. The summed E-state index contributed by atoms with van der Waals surface area (Å²) in [5.41, 5.74) is -4.55. The summed E-state index contributed by atoms with van der Waals surface area (Å²) in [6.45, 7) is 3.39. The van der Waals surface area contributed by atoms with Gasteiger partial charge in [-0.15, -0.1) is 11.3 Å². The molecule has 0 saturated carbocycles. The van der Waals surface area contributed by atoms with E-state index in [1.807, 2.05) is 0 Å². The molecule has 1 aromatic carbocycles. The Labute approximate surface area is 317 Å². The van der Waals surface area contributed by atoms with E-state index in [1.54, 1.807) is 38.1 Å². The molecule has 17 heteroatoms. The molecule has 4 heterocycles. The summed E-state index contributed by atoms with van der Waals surface area (Å²) in [5.74, 6) is -2.58. The molecular weight excluding hydrogens is 754 g/mol. The fourth-order valence-corrected chi connectivity index (χ4v) is 8.15. The highest BCUT2D eigenvalue weighted by Gasteiger charge is 2.57. The second-order valence-corrected chi connectivity index (χ2v) is 14.7. The highest BCUT2D eigenvalue weighted by Crippen LogP contribution is 2.45. The number of carboxylic acids is 1. The van der Waals surface area contributed by atoms with Gasteiger partial charge in [0.15, 0.2) is 0 Å². The zero-order valence-electron chi connectivity index (χ0n) is 30.1. The first-order valence-corrected chi connectivity index (χ1v) is 18.7. The second-order valence-electron chi connectivity index (χ2n) is 13.8. The number of carbonyl (C=O) groups is 3. The number of benzene rings is 1. The van der Waals surface area contributed by atoms with Gasteiger partial charge in [-0.2, -0.15) is 31.6 Å². The van der Waals surface area contributed by atoms with E-state index < -0.39 is 69.3 Å². The zero-order valence-corrected chi connectivity index (χ0v) is 30.9. The van der Waals surface area contributed by atoms with Gasteiger partial charge < -0.3 is 24.4 Å². The number of thiophene rings is 1. The number of amides is 2. The fraction of sp³-hybridized carbons (Fsp3) is 0.500. The van der Waals surface area contributed by atoms with Gasteiger partial charge in [-0.25, -0.2) is 0 Å². The zero-order chi connectivity index (χ0) is 40.2. The van der Waals surface area contributed by atoms with Gasteiger partial charge in [0, 0.05) is 61.9 Å². The van der Waals surface area contributed by atoms with Gasteiger partial charge in [-0.3, -0.25) is 19.4 Å². The molecule has 3 aromatic rings. The maximum atomic E-state index is 15.0. The molecule has 1 N–H and O–H groups in total. The van der Waals surface area contributed by atoms with Crippen LogP contribution in [0.15, 0.2) is 54.2 Å². The van der Waals surface area contributed by atoms with E-state index in [0.717, 1.165) is 28.7 Å². The number of carbonyl (C=O) groups excluding carboxylic acids is 2. The number of pyridine rings is 1. The van der Waals surface area contributed by atoms with E-state index in [2.05, 4.69) is 11.1 Å². The number of likely N-dealkylation sites (tertiary alicyclic amines) is 2. The van der Waals surface area contributed by atoms with Gasteiger partial charge in [0.05, 0.1) is 34.8 Å². The predicted octanol–water partition coefficient (Wildman–Crippen LogP) is 8.12. The summed E-state index contributed by atoms with van der Waals surface area (Å²) >= 11 is 0.359. The van der Waals surface area contributed by atoms with E-state index in [0.29, 0.717) is 35.1 Å². The van der Waals surface area contributed by atoms with Crippen molar-refractivity contribution in [3.63, 3.8) is 0 Å². The van der Waals surface area contributed by atoms with Gasteiger partial charge >= 0.3 is 18.3 Å². The maximum Gasteiger partial charge on any atom is 0.425 e. The van der Waals surface area contributed by atoms with E-state index in [1.165, 1.54) is 4.90 Å². The van der Waals surface area contributed by atoms with Crippen LogP contribution in [0.1, 0.15) is 91.6 Å². The number of hydrogen-bond acceptors (Lipinski definition) is 8. The lowest BCUT2D eigenvalue weighted by atomic mass is 9.72. The molecule has 5 rings (SSSR count). The maximum absolute atomic E-state index is 15.0. The van der Waals surface area contributed by atoms with Crippen molar-refractivity contribution in [1.82, 2.24) is 14.8 Å². The summed E-state index contributed by atoms with van der Waals surface area (Å²) in [5, 5.41) is 20.8. The molecule has 2 aliphatic heterocycles. The van der Waals surface area contributed by atoms with Crippen molar-refractivity contribution < 1.29 is 55.3 Å². The number of carboxylic acid groups (broad SMARTS) is 1. The van der Waals surface area contributed by atoms with Crippen molar-refractivity contribution >= 4 is 29.1 Å². The number of piperidine rings is 2. The SMILES string of the molecule is CCC[C@H]1N(C(=O)c2cnccc2C(F)(F)F)CCC[C@@]1(Oc1csc(C(F)(F)F)c1)C(=O)N1CCC(C#N)(c2ccccc2OC(C)CCC(=O)O)CC1. The van der Waals surface area contributed by atoms with Crippen LogP contribution < -0.4 is 9.47 Å². The van der Waals surface area contributed by atoms with Crippen LogP contribution in [0.25, 0.3) is 0 Å². The Bertz CT molecular complexity index is 1900.